The van der Waals surface area contributed by atoms with Crippen LogP contribution in [0, 0.1) is 5.82 Å². The van der Waals surface area contributed by atoms with Crippen LogP contribution in [0.2, 0.25) is 0 Å². The average molecular weight is 298 g/mol. The highest BCUT2D eigenvalue weighted by atomic mass is 32.2. The summed E-state index contributed by atoms with van der Waals surface area (Å²) in [4.78, 5) is 0.0627. The molecule has 0 radical (unpaired) electrons. The SMILES string of the molecule is CCn1cc(S(=O)(=O)Nc2ccc(F)cc2)cc1CO. The van der Waals surface area contributed by atoms with E-state index < -0.39 is 15.8 Å². The molecule has 1 aromatic carbocycles. The fourth-order valence-corrected chi connectivity index (χ4v) is 2.95. The van der Waals surface area contributed by atoms with Crippen LogP contribution >= 0.6 is 0 Å². The molecule has 0 bridgehead atoms. The van der Waals surface area contributed by atoms with Crippen LogP contribution in [-0.4, -0.2) is 18.1 Å². The number of nitrogens with one attached hydrogen (secondary N) is 1. The van der Waals surface area contributed by atoms with Gasteiger partial charge in [-0.3, -0.25) is 4.72 Å². The van der Waals surface area contributed by atoms with Crippen molar-refractivity contribution in [3.05, 3.63) is 48.0 Å². The third-order valence-corrected chi connectivity index (χ3v) is 4.22. The maximum absolute atomic E-state index is 12.8. The topological polar surface area (TPSA) is 71.3 Å². The number of sulfonamides is 1. The van der Waals surface area contributed by atoms with Crippen LogP contribution in [0.15, 0.2) is 41.4 Å². The molecule has 0 aliphatic carbocycles. The molecule has 0 saturated carbocycles. The minimum Gasteiger partial charge on any atom is -0.390 e. The van der Waals surface area contributed by atoms with E-state index in [2.05, 4.69) is 4.72 Å². The number of hydrogen-bond donors (Lipinski definition) is 2. The molecule has 0 aliphatic rings. The van der Waals surface area contributed by atoms with Gasteiger partial charge in [0.25, 0.3) is 10.0 Å². The number of aromatic nitrogens is 1. The Balaban J connectivity index is 2.30. The molecule has 7 heteroatoms. The summed E-state index contributed by atoms with van der Waals surface area (Å²) >= 11 is 0. The lowest BCUT2D eigenvalue weighted by atomic mass is 10.3. The summed E-state index contributed by atoms with van der Waals surface area (Å²) in [5.41, 5.74) is 0.799. The molecule has 0 aliphatic heterocycles. The van der Waals surface area contributed by atoms with Crippen LogP contribution in [0.25, 0.3) is 0 Å². The third-order valence-electron chi connectivity index (χ3n) is 2.87. The summed E-state index contributed by atoms with van der Waals surface area (Å²) in [6.07, 6.45) is 1.46. The van der Waals surface area contributed by atoms with Crippen LogP contribution < -0.4 is 4.72 Å². The molecule has 1 aromatic heterocycles. The molecule has 108 valence electrons. The summed E-state index contributed by atoms with van der Waals surface area (Å²) in [5.74, 6) is -0.437. The van der Waals surface area contributed by atoms with Gasteiger partial charge in [-0.1, -0.05) is 0 Å². The second kappa shape index (κ2) is 5.64. The van der Waals surface area contributed by atoms with Gasteiger partial charge in [0.15, 0.2) is 0 Å². The van der Waals surface area contributed by atoms with Gasteiger partial charge < -0.3 is 9.67 Å². The van der Waals surface area contributed by atoms with E-state index in [0.29, 0.717) is 12.2 Å². The Morgan fingerprint density at radius 2 is 1.95 bits per heavy atom. The smallest absolute Gasteiger partial charge is 0.263 e. The highest BCUT2D eigenvalue weighted by molar-refractivity contribution is 7.92. The molecular weight excluding hydrogens is 283 g/mol. The van der Waals surface area contributed by atoms with Gasteiger partial charge in [0.1, 0.15) is 10.7 Å². The number of halogens is 1. The molecule has 0 atom stereocenters. The van der Waals surface area contributed by atoms with E-state index in [0.717, 1.165) is 0 Å². The lowest BCUT2D eigenvalue weighted by molar-refractivity contribution is 0.271. The minimum atomic E-state index is -3.75. The summed E-state index contributed by atoms with van der Waals surface area (Å²) in [5, 5.41) is 9.17. The van der Waals surface area contributed by atoms with Crippen molar-refractivity contribution in [1.29, 1.82) is 0 Å². The first kappa shape index (κ1) is 14.5. The lowest BCUT2D eigenvalue weighted by Gasteiger charge is -2.06. The number of hydrogen-bond acceptors (Lipinski definition) is 3. The number of rotatable bonds is 5. The fraction of sp³-hybridized carbons (Fsp3) is 0.231. The monoisotopic (exact) mass is 298 g/mol. The van der Waals surface area contributed by atoms with Crippen LogP contribution in [0.3, 0.4) is 0 Å². The number of benzene rings is 1. The Hall–Kier alpha value is -1.86. The largest absolute Gasteiger partial charge is 0.390 e. The standard InChI is InChI=1S/C13H15FN2O3S/c1-2-16-8-13(7-12(16)9-17)20(18,19)15-11-5-3-10(14)4-6-11/h3-8,15,17H,2,9H2,1H3. The predicted molar refractivity (Wildman–Crippen MR) is 73.2 cm³/mol. The number of nitrogens with zero attached hydrogens (tertiary/aromatic N) is 1. The van der Waals surface area contributed by atoms with Gasteiger partial charge in [0.05, 0.1) is 6.61 Å². The maximum Gasteiger partial charge on any atom is 0.263 e. The number of aliphatic hydroxyl groups is 1. The van der Waals surface area contributed by atoms with Crippen LogP contribution in [0.1, 0.15) is 12.6 Å². The van der Waals surface area contributed by atoms with Gasteiger partial charge in [0, 0.05) is 24.1 Å². The zero-order chi connectivity index (χ0) is 14.8. The summed E-state index contributed by atoms with van der Waals surface area (Å²) < 4.78 is 41.2. The second-order valence-electron chi connectivity index (χ2n) is 4.22. The van der Waals surface area contributed by atoms with Crippen molar-refractivity contribution in [1.82, 2.24) is 4.57 Å². The third kappa shape index (κ3) is 3.00. The number of aliphatic hydroxyl groups excluding tert-OH is 1. The average Bonchev–Trinajstić information content (AvgIpc) is 2.85. The lowest BCUT2D eigenvalue weighted by Crippen LogP contribution is -2.12. The van der Waals surface area contributed by atoms with E-state index in [1.54, 1.807) is 4.57 Å². The molecule has 5 nitrogen and oxygen atoms in total. The Labute approximate surface area is 116 Å². The molecule has 0 fully saturated rings. The van der Waals surface area contributed by atoms with Gasteiger partial charge >= 0.3 is 0 Å². The van der Waals surface area contributed by atoms with Crippen molar-refractivity contribution >= 4 is 15.7 Å². The fourth-order valence-electron chi connectivity index (χ4n) is 1.83. The molecule has 0 spiro atoms. The van der Waals surface area contributed by atoms with Crippen LogP contribution in [-0.2, 0) is 23.2 Å². The molecule has 0 amide bonds. The molecule has 2 aromatic rings. The van der Waals surface area contributed by atoms with Crippen molar-refractivity contribution in [3.63, 3.8) is 0 Å². The molecule has 1 heterocycles. The zero-order valence-electron chi connectivity index (χ0n) is 10.9. The molecular formula is C13H15FN2O3S. The normalized spacial score (nSPS) is 11.6. The van der Waals surface area contributed by atoms with E-state index in [4.69, 9.17) is 0 Å². The Bertz CT molecular complexity index is 671. The Kier molecular flexibility index (Phi) is 4.10. The van der Waals surface area contributed by atoms with Crippen molar-refractivity contribution in [3.8, 4) is 0 Å². The van der Waals surface area contributed by atoms with E-state index in [1.165, 1.54) is 36.5 Å². The van der Waals surface area contributed by atoms with Crippen LogP contribution in [0.5, 0.6) is 0 Å². The Morgan fingerprint density at radius 1 is 1.30 bits per heavy atom. The quantitative estimate of drug-likeness (QED) is 0.886. The molecule has 0 saturated heterocycles. The van der Waals surface area contributed by atoms with Crippen molar-refractivity contribution in [2.45, 2.75) is 25.0 Å². The van der Waals surface area contributed by atoms with Crippen LogP contribution in [0.4, 0.5) is 10.1 Å². The number of aryl methyl sites for hydroxylation is 1. The van der Waals surface area contributed by atoms with Gasteiger partial charge in [-0.05, 0) is 37.3 Å². The Morgan fingerprint density at radius 3 is 2.45 bits per heavy atom. The van der Waals surface area contributed by atoms with Gasteiger partial charge in [-0.15, -0.1) is 0 Å². The van der Waals surface area contributed by atoms with Crippen molar-refractivity contribution in [2.75, 3.05) is 4.72 Å². The van der Waals surface area contributed by atoms with E-state index in [-0.39, 0.29) is 17.2 Å². The van der Waals surface area contributed by atoms with Gasteiger partial charge in [0.2, 0.25) is 0 Å². The zero-order valence-corrected chi connectivity index (χ0v) is 11.7. The maximum atomic E-state index is 12.8. The number of anilines is 1. The van der Waals surface area contributed by atoms with Crippen molar-refractivity contribution < 1.29 is 17.9 Å². The first-order valence-corrected chi connectivity index (χ1v) is 7.53. The summed E-state index contributed by atoms with van der Waals surface area (Å²) in [6.45, 7) is 2.17. The van der Waals surface area contributed by atoms with Gasteiger partial charge in [-0.2, -0.15) is 0 Å². The van der Waals surface area contributed by atoms with E-state index in [9.17, 15) is 17.9 Å². The first-order chi connectivity index (χ1) is 9.46. The highest BCUT2D eigenvalue weighted by Crippen LogP contribution is 2.19. The van der Waals surface area contributed by atoms with E-state index >= 15 is 0 Å². The van der Waals surface area contributed by atoms with E-state index in [1.807, 2.05) is 6.92 Å². The summed E-state index contributed by atoms with van der Waals surface area (Å²) in [6, 6.07) is 6.45. The molecule has 2 N–H and O–H groups in total. The summed E-state index contributed by atoms with van der Waals surface area (Å²) in [7, 11) is -3.75. The minimum absolute atomic E-state index is 0.0627. The highest BCUT2D eigenvalue weighted by Gasteiger charge is 2.18. The van der Waals surface area contributed by atoms with Crippen molar-refractivity contribution in [2.24, 2.45) is 0 Å². The molecule has 2 rings (SSSR count). The molecule has 0 unspecified atom stereocenters. The second-order valence-corrected chi connectivity index (χ2v) is 5.91. The first-order valence-electron chi connectivity index (χ1n) is 6.04. The van der Waals surface area contributed by atoms with Gasteiger partial charge in [-0.25, -0.2) is 12.8 Å². The predicted octanol–water partition coefficient (Wildman–Crippen LogP) is 1.94. The molecule has 20 heavy (non-hydrogen) atoms.